The minimum absolute atomic E-state index is 0.0588. The predicted octanol–water partition coefficient (Wildman–Crippen LogP) is 0.734. The summed E-state index contributed by atoms with van der Waals surface area (Å²) in [5.74, 6) is -1.06. The van der Waals surface area contributed by atoms with Crippen LogP contribution in [-0.4, -0.2) is 61.8 Å². The summed E-state index contributed by atoms with van der Waals surface area (Å²) in [6.07, 6.45) is 4.82. The molecular formula is C20H29N7O5. The van der Waals surface area contributed by atoms with Gasteiger partial charge in [-0.05, 0) is 40.0 Å². The van der Waals surface area contributed by atoms with Gasteiger partial charge >= 0.3 is 12.1 Å². The number of carbonyl (C=O) groups is 3. The molecule has 2 amide bonds. The summed E-state index contributed by atoms with van der Waals surface area (Å²) in [7, 11) is 0. The van der Waals surface area contributed by atoms with Gasteiger partial charge in [-0.25, -0.2) is 14.8 Å². The molecule has 0 saturated heterocycles. The van der Waals surface area contributed by atoms with Crippen molar-refractivity contribution in [1.82, 2.24) is 30.2 Å². The smallest absolute Gasteiger partial charge is 0.408 e. The normalized spacial score (nSPS) is 18.7. The number of amides is 2. The third-order valence-corrected chi connectivity index (χ3v) is 4.89. The van der Waals surface area contributed by atoms with Gasteiger partial charge in [-0.2, -0.15) is 0 Å². The highest BCUT2D eigenvalue weighted by atomic mass is 16.6. The number of esters is 1. The first-order valence-electron chi connectivity index (χ1n) is 10.5. The first kappa shape index (κ1) is 23.2. The van der Waals surface area contributed by atoms with Gasteiger partial charge in [0.2, 0.25) is 5.91 Å². The van der Waals surface area contributed by atoms with Gasteiger partial charge in [0.05, 0.1) is 18.7 Å². The number of aromatic nitrogens is 4. The van der Waals surface area contributed by atoms with Crippen LogP contribution in [0, 0.1) is 5.41 Å². The Hall–Kier alpha value is -3.44. The Balaban J connectivity index is 1.49. The van der Waals surface area contributed by atoms with Crippen LogP contribution in [0.1, 0.15) is 46.5 Å². The largest absolute Gasteiger partial charge is 0.459 e. The highest BCUT2D eigenvalue weighted by molar-refractivity contribution is 5.82. The fraction of sp³-hybridized carbons (Fsp3) is 0.600. The summed E-state index contributed by atoms with van der Waals surface area (Å²) < 4.78 is 12.1. The van der Waals surface area contributed by atoms with Crippen molar-refractivity contribution in [2.45, 2.75) is 70.7 Å². The number of hydrogen-bond acceptors (Lipinski definition) is 8. The molecule has 0 aromatic carbocycles. The molecule has 2 heterocycles. The third-order valence-electron chi connectivity index (χ3n) is 4.89. The van der Waals surface area contributed by atoms with Crippen LogP contribution in [0.25, 0.3) is 11.2 Å². The van der Waals surface area contributed by atoms with E-state index in [0.717, 1.165) is 12.8 Å². The Kier molecular flexibility index (Phi) is 7.11. The lowest BCUT2D eigenvalue weighted by atomic mass is 9.92. The average molecular weight is 447 g/mol. The van der Waals surface area contributed by atoms with Crippen molar-refractivity contribution >= 4 is 29.1 Å². The molecule has 1 fully saturated rings. The molecule has 3 rings (SSSR count). The van der Waals surface area contributed by atoms with Crippen LogP contribution in [0.2, 0.25) is 0 Å². The lowest BCUT2D eigenvalue weighted by Gasteiger charge is -2.32. The van der Waals surface area contributed by atoms with E-state index < -0.39 is 29.7 Å². The quantitative estimate of drug-likeness (QED) is 0.474. The first-order valence-corrected chi connectivity index (χ1v) is 10.5. The number of fused-ring (bicyclic) bond motifs is 1. The number of ether oxygens (including phenoxy) is 2. The molecule has 12 nitrogen and oxygen atoms in total. The van der Waals surface area contributed by atoms with E-state index in [1.807, 2.05) is 0 Å². The number of hydrogen-bond donors (Lipinski definition) is 4. The Labute approximate surface area is 184 Å². The highest BCUT2D eigenvalue weighted by Crippen LogP contribution is 2.22. The Morgan fingerprint density at radius 1 is 1.25 bits per heavy atom. The molecule has 4 N–H and O–H groups in total. The van der Waals surface area contributed by atoms with Crippen molar-refractivity contribution in [2.75, 3.05) is 6.54 Å². The number of rotatable bonds is 6. The van der Waals surface area contributed by atoms with Crippen LogP contribution in [0.15, 0.2) is 12.7 Å². The van der Waals surface area contributed by atoms with Gasteiger partial charge in [-0.3, -0.25) is 15.0 Å². The number of aromatic amines is 1. The number of nitrogens with one attached hydrogen (secondary N) is 4. The minimum Gasteiger partial charge on any atom is -0.459 e. The molecule has 0 bridgehead atoms. The lowest BCUT2D eigenvalue weighted by molar-refractivity contribution is -0.151. The van der Waals surface area contributed by atoms with Crippen LogP contribution in [0.3, 0.4) is 0 Å². The van der Waals surface area contributed by atoms with Crippen molar-refractivity contribution in [3.8, 4) is 0 Å². The Bertz CT molecular complexity index is 1040. The maximum Gasteiger partial charge on any atom is 0.408 e. The summed E-state index contributed by atoms with van der Waals surface area (Å²) in [5, 5.41) is 13.4. The molecule has 2 atom stereocenters. The maximum atomic E-state index is 12.3. The molecular weight excluding hydrogens is 418 g/mol. The summed E-state index contributed by atoms with van der Waals surface area (Å²) in [4.78, 5) is 47.4. The zero-order chi connectivity index (χ0) is 23.3. The molecule has 1 saturated carbocycles. The average Bonchev–Trinajstić information content (AvgIpc) is 3.18. The third kappa shape index (κ3) is 6.28. The van der Waals surface area contributed by atoms with Crippen LogP contribution in [-0.2, 0) is 25.6 Å². The molecule has 174 valence electrons. The van der Waals surface area contributed by atoms with Crippen LogP contribution >= 0.6 is 0 Å². The van der Waals surface area contributed by atoms with Gasteiger partial charge in [0.15, 0.2) is 11.1 Å². The highest BCUT2D eigenvalue weighted by Gasteiger charge is 2.31. The van der Waals surface area contributed by atoms with Gasteiger partial charge in [0, 0.05) is 0 Å². The predicted molar refractivity (Wildman–Crippen MR) is 112 cm³/mol. The van der Waals surface area contributed by atoms with E-state index in [2.05, 4.69) is 25.6 Å². The maximum absolute atomic E-state index is 12.3. The summed E-state index contributed by atoms with van der Waals surface area (Å²) in [6.45, 7) is 4.83. The molecule has 1 aliphatic carbocycles. The lowest BCUT2D eigenvalue weighted by Crippen LogP contribution is -2.49. The topological polar surface area (TPSA) is 164 Å². The molecule has 1 unspecified atom stereocenters. The van der Waals surface area contributed by atoms with E-state index in [-0.39, 0.29) is 24.6 Å². The van der Waals surface area contributed by atoms with Crippen molar-refractivity contribution in [2.24, 2.45) is 0 Å². The molecule has 12 heteroatoms. The minimum atomic E-state index is -0.621. The molecule has 1 aliphatic rings. The molecule has 32 heavy (non-hydrogen) atoms. The summed E-state index contributed by atoms with van der Waals surface area (Å²) in [6, 6.07) is -0.341. The van der Waals surface area contributed by atoms with E-state index in [0.29, 0.717) is 24.0 Å². The summed E-state index contributed by atoms with van der Waals surface area (Å²) >= 11 is 0. The van der Waals surface area contributed by atoms with Gasteiger partial charge in [0.1, 0.15) is 30.3 Å². The SMILES string of the molecule is CC(C)(C)OC(=O)N[C@H]1CCCCC1OC(=O)CNC(=O)Cn1cnc2nc[nH]c2c1=N. The van der Waals surface area contributed by atoms with Gasteiger partial charge < -0.3 is 29.7 Å². The van der Waals surface area contributed by atoms with E-state index >= 15 is 0 Å². The molecule has 0 aliphatic heterocycles. The zero-order valence-corrected chi connectivity index (χ0v) is 18.4. The second kappa shape index (κ2) is 9.79. The van der Waals surface area contributed by atoms with Crippen molar-refractivity contribution < 1.29 is 23.9 Å². The van der Waals surface area contributed by atoms with Crippen molar-refractivity contribution in [3.63, 3.8) is 0 Å². The summed E-state index contributed by atoms with van der Waals surface area (Å²) in [5.41, 5.74) is 0.241. The zero-order valence-electron chi connectivity index (χ0n) is 18.4. The number of imidazole rings is 1. The van der Waals surface area contributed by atoms with Gasteiger partial charge in [-0.1, -0.05) is 6.42 Å². The molecule has 2 aromatic rings. The van der Waals surface area contributed by atoms with Gasteiger partial charge in [0.25, 0.3) is 0 Å². The molecule has 0 spiro atoms. The second-order valence-corrected chi connectivity index (χ2v) is 8.66. The van der Waals surface area contributed by atoms with Crippen LogP contribution < -0.4 is 16.1 Å². The Morgan fingerprint density at radius 3 is 2.75 bits per heavy atom. The fourth-order valence-electron chi connectivity index (χ4n) is 3.46. The Morgan fingerprint density at radius 2 is 2.00 bits per heavy atom. The number of alkyl carbamates (subject to hydrolysis) is 1. The van der Waals surface area contributed by atoms with Crippen LogP contribution in [0.5, 0.6) is 0 Å². The molecule has 0 radical (unpaired) electrons. The standard InChI is InChI=1S/C20H29N7O5/c1-20(2,3)32-19(30)26-12-6-4-5-7-13(12)31-15(29)8-22-14(28)9-27-11-25-18-16(17(27)21)23-10-24-18/h10-13,21H,4-9H2,1-3H3,(H,22,28)(H,23,24)(H,26,30)/t12-,13?/m0/s1. The molecule has 2 aromatic heterocycles. The first-order chi connectivity index (χ1) is 15.1. The second-order valence-electron chi connectivity index (χ2n) is 8.66. The number of carbonyl (C=O) groups excluding carboxylic acids is 3. The number of nitrogens with zero attached hydrogens (tertiary/aromatic N) is 3. The fourth-order valence-corrected chi connectivity index (χ4v) is 3.46. The van der Waals surface area contributed by atoms with Gasteiger partial charge in [-0.15, -0.1) is 0 Å². The van der Waals surface area contributed by atoms with E-state index in [1.54, 1.807) is 20.8 Å². The number of H-pyrrole nitrogens is 1. The van der Waals surface area contributed by atoms with Crippen molar-refractivity contribution in [3.05, 3.63) is 18.1 Å². The van der Waals surface area contributed by atoms with Crippen LogP contribution in [0.4, 0.5) is 4.79 Å². The van der Waals surface area contributed by atoms with E-state index in [1.165, 1.54) is 17.2 Å². The monoisotopic (exact) mass is 447 g/mol. The van der Waals surface area contributed by atoms with Crippen molar-refractivity contribution in [1.29, 1.82) is 5.41 Å². The van der Waals surface area contributed by atoms with E-state index in [4.69, 9.17) is 14.9 Å². The van der Waals surface area contributed by atoms with E-state index in [9.17, 15) is 14.4 Å².